The van der Waals surface area contributed by atoms with Gasteiger partial charge in [0.2, 0.25) is 5.78 Å². The fraction of sp³-hybridized carbons (Fsp3) is 0.167. The smallest absolute Gasteiger partial charge is 0.251 e. The molecule has 0 aromatic heterocycles. The Bertz CT molecular complexity index is 1160. The van der Waals surface area contributed by atoms with E-state index in [0.29, 0.717) is 22.8 Å². The van der Waals surface area contributed by atoms with E-state index in [4.69, 9.17) is 21.4 Å². The summed E-state index contributed by atoms with van der Waals surface area (Å²) in [5, 5.41) is 7.26. The molecule has 0 saturated carbocycles. The number of fused-ring (bicyclic) bond motifs is 3. The summed E-state index contributed by atoms with van der Waals surface area (Å²) >= 11 is 9.74. The Kier molecular flexibility index (Phi) is 4.88. The van der Waals surface area contributed by atoms with Crippen molar-refractivity contribution in [1.29, 1.82) is 0 Å². The second kappa shape index (κ2) is 7.56. The fourth-order valence-electron chi connectivity index (χ4n) is 3.91. The predicted molar refractivity (Wildman–Crippen MR) is 121 cm³/mol. The molecule has 3 aromatic rings. The van der Waals surface area contributed by atoms with Crippen molar-refractivity contribution in [3.8, 4) is 5.75 Å². The third-order valence-corrected chi connectivity index (χ3v) is 6.25. The molecule has 0 fully saturated rings. The van der Waals surface area contributed by atoms with Crippen LogP contribution in [-0.2, 0) is 0 Å². The zero-order chi connectivity index (χ0) is 20.8. The Hall–Kier alpha value is -2.63. The first-order valence-electron chi connectivity index (χ1n) is 9.68. The van der Waals surface area contributed by atoms with Gasteiger partial charge >= 0.3 is 0 Å². The Morgan fingerprint density at radius 2 is 1.83 bits per heavy atom. The van der Waals surface area contributed by atoms with Crippen LogP contribution in [0, 0.1) is 6.92 Å². The molecule has 0 amide bonds. The molecule has 2 aliphatic heterocycles. The molecule has 0 N–H and O–H groups in total. The van der Waals surface area contributed by atoms with Crippen molar-refractivity contribution < 1.29 is 9.53 Å². The highest BCUT2D eigenvalue weighted by molar-refractivity contribution is 9.10. The minimum Gasteiger partial charge on any atom is -0.461 e. The summed E-state index contributed by atoms with van der Waals surface area (Å²) < 4.78 is 7.16. The molecule has 30 heavy (non-hydrogen) atoms. The quantitative estimate of drug-likeness (QED) is 0.421. The number of hydrogen-bond donors (Lipinski definition) is 0. The average Bonchev–Trinajstić information content (AvgIpc) is 3.19. The van der Waals surface area contributed by atoms with Crippen LogP contribution in [0.15, 0.2) is 76.3 Å². The summed E-state index contributed by atoms with van der Waals surface area (Å²) in [4.78, 5) is 13.4. The third-order valence-electron chi connectivity index (χ3n) is 5.49. The van der Waals surface area contributed by atoms with Crippen molar-refractivity contribution in [2.24, 2.45) is 5.10 Å². The van der Waals surface area contributed by atoms with Crippen LogP contribution in [0.1, 0.15) is 39.5 Å². The van der Waals surface area contributed by atoms with E-state index in [1.54, 1.807) is 11.1 Å². The largest absolute Gasteiger partial charge is 0.461 e. The Balaban J connectivity index is 1.57. The predicted octanol–water partition coefficient (Wildman–Crippen LogP) is 6.16. The van der Waals surface area contributed by atoms with Crippen molar-refractivity contribution in [2.75, 3.05) is 0 Å². The number of Topliss-reactive ketones (excluding diaryl/α,β-unsaturated/α-hetero) is 1. The van der Waals surface area contributed by atoms with Gasteiger partial charge < -0.3 is 4.74 Å². The van der Waals surface area contributed by atoms with Gasteiger partial charge in [-0.1, -0.05) is 69.5 Å². The number of carbonyl (C=O) groups is 1. The standard InChI is InChI=1S/C24H18BrClN2O2/c1-14-2-4-16(5-3-14)23(29)24-28-21(19-12-18(26)10-11-22(19)30-24)13-20(27-28)15-6-8-17(25)9-7-15/h2-12,21,24H,13H2,1H3. The molecule has 2 unspecified atom stereocenters. The van der Waals surface area contributed by atoms with Crippen LogP contribution >= 0.6 is 27.5 Å². The molecule has 0 aliphatic carbocycles. The Morgan fingerprint density at radius 3 is 2.57 bits per heavy atom. The topological polar surface area (TPSA) is 41.9 Å². The lowest BCUT2D eigenvalue weighted by Crippen LogP contribution is -2.45. The zero-order valence-corrected chi connectivity index (χ0v) is 18.5. The third kappa shape index (κ3) is 3.42. The molecule has 4 nitrogen and oxygen atoms in total. The normalized spacial score (nSPS) is 19.6. The number of hydrazone groups is 1. The molecular formula is C24H18BrClN2O2. The summed E-state index contributed by atoms with van der Waals surface area (Å²) in [6, 6.07) is 21.0. The molecular weight excluding hydrogens is 464 g/mol. The number of nitrogens with zero attached hydrogens (tertiary/aromatic N) is 2. The lowest BCUT2D eigenvalue weighted by Gasteiger charge is -2.37. The first kappa shape index (κ1) is 19.3. The van der Waals surface area contributed by atoms with Crippen LogP contribution in [0.5, 0.6) is 5.75 Å². The van der Waals surface area contributed by atoms with Crippen molar-refractivity contribution in [2.45, 2.75) is 25.6 Å². The summed E-state index contributed by atoms with van der Waals surface area (Å²) in [5.41, 5.74) is 4.61. The minimum atomic E-state index is -0.820. The SMILES string of the molecule is Cc1ccc(C(=O)C2Oc3ccc(Cl)cc3C3CC(c4ccc(Br)cc4)=NN23)cc1. The molecule has 0 radical (unpaired) electrons. The molecule has 2 aliphatic rings. The highest BCUT2D eigenvalue weighted by atomic mass is 79.9. The van der Waals surface area contributed by atoms with Crippen molar-refractivity contribution >= 4 is 39.0 Å². The van der Waals surface area contributed by atoms with Crippen LogP contribution in [0.2, 0.25) is 5.02 Å². The van der Waals surface area contributed by atoms with Crippen LogP contribution in [0.4, 0.5) is 0 Å². The molecule has 150 valence electrons. The number of hydrogen-bond acceptors (Lipinski definition) is 4. The highest BCUT2D eigenvalue weighted by Crippen LogP contribution is 2.44. The van der Waals surface area contributed by atoms with E-state index >= 15 is 0 Å². The number of ether oxygens (including phenoxy) is 1. The van der Waals surface area contributed by atoms with Crippen molar-refractivity contribution in [1.82, 2.24) is 5.01 Å². The van der Waals surface area contributed by atoms with Gasteiger partial charge in [-0.05, 0) is 42.8 Å². The number of ketones is 1. The molecule has 0 spiro atoms. The zero-order valence-electron chi connectivity index (χ0n) is 16.2. The first-order chi connectivity index (χ1) is 14.5. The number of halogens is 2. The van der Waals surface area contributed by atoms with Gasteiger partial charge in [0.25, 0.3) is 6.23 Å². The van der Waals surface area contributed by atoms with Crippen LogP contribution in [0.3, 0.4) is 0 Å². The molecule has 0 bridgehead atoms. The van der Waals surface area contributed by atoms with Crippen LogP contribution < -0.4 is 4.74 Å². The monoisotopic (exact) mass is 480 g/mol. The summed E-state index contributed by atoms with van der Waals surface area (Å²) in [5.74, 6) is 0.569. The van der Waals surface area contributed by atoms with Gasteiger partial charge in [0.05, 0.1) is 11.8 Å². The lowest BCUT2D eigenvalue weighted by molar-refractivity contribution is -0.00455. The number of aryl methyl sites for hydroxylation is 1. The van der Waals surface area contributed by atoms with Crippen LogP contribution in [0.25, 0.3) is 0 Å². The summed E-state index contributed by atoms with van der Waals surface area (Å²) in [6.45, 7) is 2.00. The molecule has 2 heterocycles. The number of carbonyl (C=O) groups excluding carboxylic acids is 1. The second-order valence-corrected chi connectivity index (χ2v) is 8.89. The summed E-state index contributed by atoms with van der Waals surface area (Å²) in [7, 11) is 0. The first-order valence-corrected chi connectivity index (χ1v) is 10.9. The molecule has 5 rings (SSSR count). The maximum atomic E-state index is 13.4. The maximum Gasteiger partial charge on any atom is 0.251 e. The number of rotatable bonds is 3. The van der Waals surface area contributed by atoms with Gasteiger partial charge in [-0.15, -0.1) is 0 Å². The molecule has 0 saturated heterocycles. The van der Waals surface area contributed by atoms with Gasteiger partial charge in [0.1, 0.15) is 5.75 Å². The summed E-state index contributed by atoms with van der Waals surface area (Å²) in [6.07, 6.45) is -0.143. The van der Waals surface area contributed by atoms with E-state index in [1.165, 1.54) is 0 Å². The molecule has 6 heteroatoms. The highest BCUT2D eigenvalue weighted by Gasteiger charge is 2.43. The second-order valence-electron chi connectivity index (χ2n) is 7.54. The van der Waals surface area contributed by atoms with Crippen molar-refractivity contribution in [3.05, 3.63) is 98.5 Å². The van der Waals surface area contributed by atoms with Crippen LogP contribution in [-0.4, -0.2) is 22.7 Å². The Labute approximate surface area is 188 Å². The Morgan fingerprint density at radius 1 is 1.10 bits per heavy atom. The average molecular weight is 482 g/mol. The lowest BCUT2D eigenvalue weighted by atomic mass is 9.95. The number of benzene rings is 3. The van der Waals surface area contributed by atoms with E-state index < -0.39 is 6.23 Å². The molecule has 2 atom stereocenters. The van der Waals surface area contributed by atoms with Gasteiger partial charge in [-0.3, -0.25) is 4.79 Å². The van der Waals surface area contributed by atoms with Gasteiger partial charge in [-0.2, -0.15) is 5.10 Å². The van der Waals surface area contributed by atoms with Gasteiger partial charge in [-0.25, -0.2) is 5.01 Å². The fourth-order valence-corrected chi connectivity index (χ4v) is 4.35. The van der Waals surface area contributed by atoms with E-state index in [2.05, 4.69) is 15.9 Å². The maximum absolute atomic E-state index is 13.4. The minimum absolute atomic E-state index is 0.106. The molecule has 3 aromatic carbocycles. The van der Waals surface area contributed by atoms with E-state index in [1.807, 2.05) is 67.6 Å². The van der Waals surface area contributed by atoms with Gasteiger partial charge in [0, 0.05) is 27.0 Å². The van der Waals surface area contributed by atoms with Gasteiger partial charge in [0.15, 0.2) is 0 Å². The van der Waals surface area contributed by atoms with E-state index in [-0.39, 0.29) is 11.8 Å². The van der Waals surface area contributed by atoms with E-state index in [0.717, 1.165) is 26.9 Å². The van der Waals surface area contributed by atoms with Crippen molar-refractivity contribution in [3.63, 3.8) is 0 Å². The van der Waals surface area contributed by atoms with E-state index in [9.17, 15) is 4.79 Å².